The number of thioether (sulfide) groups is 1. The number of carbonyl (C=O) groups is 2. The first-order valence-electron chi connectivity index (χ1n) is 13.1. The molecule has 5 rings (SSSR count). The summed E-state index contributed by atoms with van der Waals surface area (Å²) in [6.07, 6.45) is 1.72. The zero-order chi connectivity index (χ0) is 28.3. The number of benzene rings is 4. The predicted molar refractivity (Wildman–Crippen MR) is 166 cm³/mol. The van der Waals surface area contributed by atoms with Crippen LogP contribution in [0.3, 0.4) is 0 Å². The fourth-order valence-electron chi connectivity index (χ4n) is 4.41. The lowest BCUT2D eigenvalue weighted by atomic mass is 9.87. The zero-order valence-electron chi connectivity index (χ0n) is 22.6. The lowest BCUT2D eigenvalue weighted by Gasteiger charge is -2.19. The predicted octanol–water partition coefficient (Wildman–Crippen LogP) is 8.59. The van der Waals surface area contributed by atoms with Gasteiger partial charge >= 0.3 is 0 Å². The van der Waals surface area contributed by atoms with Crippen molar-refractivity contribution in [1.82, 2.24) is 4.90 Å². The highest BCUT2D eigenvalue weighted by Gasteiger charge is 2.35. The highest BCUT2D eigenvalue weighted by Crippen LogP contribution is 2.36. The van der Waals surface area contributed by atoms with Crippen LogP contribution in [0.25, 0.3) is 16.8 Å². The molecular weight excluding hydrogens is 586 g/mol. The molecule has 2 amide bonds. The lowest BCUT2D eigenvalue weighted by Crippen LogP contribution is -2.27. The second kappa shape index (κ2) is 11.9. The summed E-state index contributed by atoms with van der Waals surface area (Å²) in [4.78, 5) is 27.7. The van der Waals surface area contributed by atoms with Gasteiger partial charge in [0.25, 0.3) is 11.1 Å². The molecular formula is C33H30BrNO4S. The molecule has 0 unspecified atom stereocenters. The van der Waals surface area contributed by atoms with Crippen molar-refractivity contribution in [2.75, 3.05) is 13.2 Å². The zero-order valence-corrected chi connectivity index (χ0v) is 25.1. The minimum atomic E-state index is -0.306. The number of amides is 2. The van der Waals surface area contributed by atoms with E-state index in [1.807, 2.05) is 72.8 Å². The molecule has 1 heterocycles. The van der Waals surface area contributed by atoms with Crippen molar-refractivity contribution < 1.29 is 19.1 Å². The smallest absolute Gasteiger partial charge is 0.293 e. The molecule has 0 spiro atoms. The molecule has 40 heavy (non-hydrogen) atoms. The maximum absolute atomic E-state index is 13.2. The largest absolute Gasteiger partial charge is 0.490 e. The molecule has 0 radical (unpaired) electrons. The SMILES string of the molecule is CC(C)(C)c1ccc(OCCOc2cc(Br)ccc2/C=C2\SC(=O)N(Cc3ccc4ccccc4c3)C2=O)cc1. The Labute approximate surface area is 247 Å². The Kier molecular flexibility index (Phi) is 8.33. The summed E-state index contributed by atoms with van der Waals surface area (Å²) in [5.74, 6) is 1.08. The van der Waals surface area contributed by atoms with E-state index < -0.39 is 0 Å². The molecule has 0 aliphatic carbocycles. The van der Waals surface area contributed by atoms with Gasteiger partial charge < -0.3 is 9.47 Å². The van der Waals surface area contributed by atoms with E-state index in [-0.39, 0.29) is 23.1 Å². The number of ether oxygens (including phenoxy) is 2. The average Bonchev–Trinajstić information content (AvgIpc) is 3.19. The molecule has 1 fully saturated rings. The summed E-state index contributed by atoms with van der Waals surface area (Å²) >= 11 is 4.44. The van der Waals surface area contributed by atoms with Gasteiger partial charge in [0.15, 0.2) is 0 Å². The number of carbonyl (C=O) groups excluding carboxylic acids is 2. The standard InChI is InChI=1S/C33H30BrNO4S/c1-33(2,3)26-11-14-28(15-12-26)38-16-17-39-29-20-27(34)13-10-25(29)19-30-31(36)35(32(37)40-30)21-22-8-9-23-6-4-5-7-24(23)18-22/h4-15,18-20H,16-17,21H2,1-3H3/b30-19-. The van der Waals surface area contributed by atoms with Gasteiger partial charge in [0.1, 0.15) is 24.7 Å². The molecule has 1 saturated heterocycles. The van der Waals surface area contributed by atoms with Crippen LogP contribution in [0.1, 0.15) is 37.5 Å². The minimum Gasteiger partial charge on any atom is -0.490 e. The van der Waals surface area contributed by atoms with Crippen molar-refractivity contribution in [3.8, 4) is 11.5 Å². The number of hydrogen-bond donors (Lipinski definition) is 0. The maximum Gasteiger partial charge on any atom is 0.293 e. The molecule has 5 nitrogen and oxygen atoms in total. The number of halogens is 1. The van der Waals surface area contributed by atoms with Crippen LogP contribution in [0.4, 0.5) is 4.79 Å². The van der Waals surface area contributed by atoms with Crippen molar-refractivity contribution in [3.05, 3.63) is 111 Å². The number of rotatable bonds is 8. The Morgan fingerprint density at radius 1 is 0.850 bits per heavy atom. The van der Waals surface area contributed by atoms with E-state index in [1.54, 1.807) is 6.08 Å². The third kappa shape index (κ3) is 6.60. The van der Waals surface area contributed by atoms with Gasteiger partial charge in [-0.25, -0.2) is 0 Å². The lowest BCUT2D eigenvalue weighted by molar-refractivity contribution is -0.123. The Bertz CT molecular complexity index is 1590. The number of imide groups is 1. The molecule has 0 saturated carbocycles. The quantitative estimate of drug-likeness (QED) is 0.147. The van der Waals surface area contributed by atoms with Gasteiger partial charge in [0.05, 0.1) is 11.4 Å². The molecule has 4 aromatic carbocycles. The van der Waals surface area contributed by atoms with Crippen molar-refractivity contribution >= 4 is 55.7 Å². The van der Waals surface area contributed by atoms with Crippen molar-refractivity contribution in [2.45, 2.75) is 32.7 Å². The van der Waals surface area contributed by atoms with Gasteiger partial charge in [0, 0.05) is 10.0 Å². The molecule has 0 N–H and O–H groups in total. The molecule has 1 aliphatic rings. The summed E-state index contributed by atoms with van der Waals surface area (Å²) in [7, 11) is 0. The first-order chi connectivity index (χ1) is 19.2. The minimum absolute atomic E-state index is 0.0876. The monoisotopic (exact) mass is 615 g/mol. The van der Waals surface area contributed by atoms with Crippen LogP contribution in [-0.2, 0) is 16.8 Å². The van der Waals surface area contributed by atoms with Gasteiger partial charge in [-0.1, -0.05) is 91.3 Å². The molecule has 1 aliphatic heterocycles. The van der Waals surface area contributed by atoms with E-state index in [2.05, 4.69) is 48.8 Å². The molecule has 7 heteroatoms. The molecule has 4 aromatic rings. The summed E-state index contributed by atoms with van der Waals surface area (Å²) in [5, 5.41) is 1.91. The Hall–Kier alpha value is -3.55. The van der Waals surface area contributed by atoms with Crippen LogP contribution in [0.5, 0.6) is 11.5 Å². The van der Waals surface area contributed by atoms with Crippen LogP contribution in [-0.4, -0.2) is 29.3 Å². The number of nitrogens with zero attached hydrogens (tertiary/aromatic N) is 1. The average molecular weight is 617 g/mol. The third-order valence-electron chi connectivity index (χ3n) is 6.62. The van der Waals surface area contributed by atoms with E-state index in [0.717, 1.165) is 38.3 Å². The molecule has 0 atom stereocenters. The van der Waals surface area contributed by atoms with E-state index in [0.29, 0.717) is 29.4 Å². The normalized spacial score (nSPS) is 14.8. The van der Waals surface area contributed by atoms with E-state index >= 15 is 0 Å². The second-order valence-corrected chi connectivity index (χ2v) is 12.5. The first kappa shape index (κ1) is 28.0. The van der Waals surface area contributed by atoms with Crippen molar-refractivity contribution in [2.24, 2.45) is 0 Å². The Morgan fingerprint density at radius 2 is 1.57 bits per heavy atom. The molecule has 0 aromatic heterocycles. The van der Waals surface area contributed by atoms with E-state index in [4.69, 9.17) is 9.47 Å². The second-order valence-electron chi connectivity index (χ2n) is 10.6. The highest BCUT2D eigenvalue weighted by atomic mass is 79.9. The van der Waals surface area contributed by atoms with Crippen LogP contribution >= 0.6 is 27.7 Å². The van der Waals surface area contributed by atoms with Crippen LogP contribution in [0.15, 0.2) is 94.3 Å². The fourth-order valence-corrected chi connectivity index (χ4v) is 5.58. The fraction of sp³-hybridized carbons (Fsp3) is 0.212. The van der Waals surface area contributed by atoms with Crippen LogP contribution in [0.2, 0.25) is 0 Å². The van der Waals surface area contributed by atoms with Gasteiger partial charge in [0.2, 0.25) is 0 Å². The first-order valence-corrected chi connectivity index (χ1v) is 14.7. The van der Waals surface area contributed by atoms with E-state index in [9.17, 15) is 9.59 Å². The molecule has 0 bridgehead atoms. The third-order valence-corrected chi connectivity index (χ3v) is 8.02. The van der Waals surface area contributed by atoms with Gasteiger partial charge in [-0.05, 0) is 75.5 Å². The number of fused-ring (bicyclic) bond motifs is 1. The van der Waals surface area contributed by atoms with Gasteiger partial charge in [-0.2, -0.15) is 0 Å². The number of hydrogen-bond acceptors (Lipinski definition) is 5. The van der Waals surface area contributed by atoms with E-state index in [1.165, 1.54) is 10.5 Å². The highest BCUT2D eigenvalue weighted by molar-refractivity contribution is 9.10. The summed E-state index contributed by atoms with van der Waals surface area (Å²) < 4.78 is 12.8. The summed E-state index contributed by atoms with van der Waals surface area (Å²) in [5.41, 5.74) is 2.96. The van der Waals surface area contributed by atoms with Crippen LogP contribution < -0.4 is 9.47 Å². The topological polar surface area (TPSA) is 55.8 Å². The van der Waals surface area contributed by atoms with Gasteiger partial charge in [-0.3, -0.25) is 14.5 Å². The van der Waals surface area contributed by atoms with Crippen molar-refractivity contribution in [1.29, 1.82) is 0 Å². The maximum atomic E-state index is 13.2. The Morgan fingerprint density at radius 3 is 2.33 bits per heavy atom. The van der Waals surface area contributed by atoms with Gasteiger partial charge in [-0.15, -0.1) is 0 Å². The molecule has 204 valence electrons. The van der Waals surface area contributed by atoms with Crippen molar-refractivity contribution in [3.63, 3.8) is 0 Å². The summed E-state index contributed by atoms with van der Waals surface area (Å²) in [6, 6.07) is 27.7. The van der Waals surface area contributed by atoms with Crippen LogP contribution in [0, 0.1) is 0 Å². The summed E-state index contributed by atoms with van der Waals surface area (Å²) in [6.45, 7) is 7.45. The Balaban J connectivity index is 1.24.